The van der Waals surface area contributed by atoms with E-state index in [0.717, 1.165) is 66.1 Å². The molecule has 11 rings (SSSR count). The molecule has 10 fully saturated rings. The van der Waals surface area contributed by atoms with Crippen LogP contribution in [0, 0.1) is 35.5 Å². The van der Waals surface area contributed by atoms with E-state index in [0.29, 0.717) is 135 Å². The van der Waals surface area contributed by atoms with Gasteiger partial charge in [0, 0.05) is 30.0 Å². The quantitative estimate of drug-likeness (QED) is 0.0479. The van der Waals surface area contributed by atoms with Crippen molar-refractivity contribution in [2.45, 2.75) is 138 Å². The van der Waals surface area contributed by atoms with E-state index < -0.39 is 0 Å². The summed E-state index contributed by atoms with van der Waals surface area (Å²) < 4.78 is 59.7. The molecule has 1 aromatic rings. The molecule has 2 unspecified atom stereocenters. The number of carbonyl (C=O) groups excluding carboxylic acids is 2. The maximum atomic E-state index is 12.9. The number of fused-ring (bicyclic) bond motifs is 1. The molecule has 2 heterocycles. The van der Waals surface area contributed by atoms with Crippen LogP contribution < -0.4 is 25.4 Å². The number of hydrogen-bond acceptors (Lipinski definition) is 13. The molecule has 10 aliphatic rings. The van der Waals surface area contributed by atoms with Crippen LogP contribution in [0.5, 0.6) is 11.5 Å². The van der Waals surface area contributed by atoms with Crippen molar-refractivity contribution in [1.29, 1.82) is 0 Å². The Kier molecular flexibility index (Phi) is 19.4. The molecular formula is C53H83N3O12S. The summed E-state index contributed by atoms with van der Waals surface area (Å²) in [5.74, 6) is 7.55. The molecule has 0 radical (unpaired) electrons. The van der Waals surface area contributed by atoms with Crippen LogP contribution >= 0.6 is 11.8 Å². The SMILES string of the molecule is O=C(CCCC[C@@H]1SCC2NC(=O)NC21)NCc1cc(OCCOCCOCCOCCOC23CC4CC(CC(C4)C2)C3)cc(OCCOCCOCCOCCOC23CC4CC(CC(C4)C2)C3)c1. The fourth-order valence-corrected chi connectivity index (χ4v) is 15.6. The number of carbonyl (C=O) groups is 2. The van der Waals surface area contributed by atoms with E-state index >= 15 is 0 Å². The fraction of sp³-hybridized carbons (Fsp3) is 0.849. The molecule has 8 aliphatic carbocycles. The highest BCUT2D eigenvalue weighted by atomic mass is 32.2. The van der Waals surface area contributed by atoms with Crippen LogP contribution in [0.25, 0.3) is 0 Å². The highest BCUT2D eigenvalue weighted by Crippen LogP contribution is 2.58. The van der Waals surface area contributed by atoms with E-state index in [1.54, 1.807) is 0 Å². The zero-order valence-corrected chi connectivity index (χ0v) is 42.1. The zero-order chi connectivity index (χ0) is 47.1. The summed E-state index contributed by atoms with van der Waals surface area (Å²) in [6.07, 6.45) is 19.2. The van der Waals surface area contributed by atoms with Gasteiger partial charge in [-0.2, -0.15) is 11.8 Å². The van der Waals surface area contributed by atoms with E-state index in [1.807, 2.05) is 30.0 Å². The van der Waals surface area contributed by atoms with Crippen molar-refractivity contribution in [2.24, 2.45) is 35.5 Å². The van der Waals surface area contributed by atoms with Crippen LogP contribution in [0.3, 0.4) is 0 Å². The van der Waals surface area contributed by atoms with Gasteiger partial charge in [-0.05, 0) is 143 Å². The number of nitrogens with one attached hydrogen (secondary N) is 3. The van der Waals surface area contributed by atoms with E-state index in [9.17, 15) is 9.59 Å². The molecule has 388 valence electrons. The summed E-state index contributed by atoms with van der Waals surface area (Å²) in [6.45, 7) is 8.45. The number of thioether (sulfide) groups is 1. The smallest absolute Gasteiger partial charge is 0.315 e. The van der Waals surface area contributed by atoms with Gasteiger partial charge in [0.05, 0.1) is 116 Å². The third-order valence-corrected chi connectivity index (χ3v) is 17.7. The fourth-order valence-electron chi connectivity index (χ4n) is 14.0. The topological polar surface area (TPSA) is 163 Å². The summed E-state index contributed by atoms with van der Waals surface area (Å²) >= 11 is 1.90. The molecule has 8 bridgehead atoms. The molecule has 8 saturated carbocycles. The molecule has 1 aromatic carbocycles. The van der Waals surface area contributed by atoms with E-state index in [1.165, 1.54) is 77.0 Å². The van der Waals surface area contributed by atoms with E-state index in [2.05, 4.69) is 16.0 Å². The number of amides is 3. The lowest BCUT2D eigenvalue weighted by molar-refractivity contribution is -0.169. The van der Waals surface area contributed by atoms with Crippen LogP contribution in [-0.2, 0) is 49.2 Å². The van der Waals surface area contributed by atoms with Crippen molar-refractivity contribution >= 4 is 23.7 Å². The first-order valence-corrected chi connectivity index (χ1v) is 28.0. The lowest BCUT2D eigenvalue weighted by atomic mass is 9.54. The minimum absolute atomic E-state index is 0.00361. The summed E-state index contributed by atoms with van der Waals surface area (Å²) in [5.41, 5.74) is 1.14. The van der Waals surface area contributed by atoms with Crippen molar-refractivity contribution in [3.05, 3.63) is 23.8 Å². The molecule has 3 amide bonds. The number of ether oxygens (including phenoxy) is 10. The molecule has 2 aliphatic heterocycles. The zero-order valence-electron chi connectivity index (χ0n) is 41.3. The molecule has 0 aromatic heterocycles. The van der Waals surface area contributed by atoms with Crippen LogP contribution in [0.15, 0.2) is 18.2 Å². The minimum Gasteiger partial charge on any atom is -0.491 e. The van der Waals surface area contributed by atoms with Crippen LogP contribution in [0.1, 0.15) is 108 Å². The second kappa shape index (κ2) is 26.0. The van der Waals surface area contributed by atoms with Gasteiger partial charge in [0.15, 0.2) is 0 Å². The molecule has 3 N–H and O–H groups in total. The lowest BCUT2D eigenvalue weighted by Gasteiger charge is -2.56. The van der Waals surface area contributed by atoms with E-state index in [4.69, 9.17) is 47.4 Å². The minimum atomic E-state index is -0.0683. The van der Waals surface area contributed by atoms with E-state index in [-0.39, 0.29) is 35.2 Å². The Bertz CT molecular complexity index is 1600. The van der Waals surface area contributed by atoms with Crippen molar-refractivity contribution in [3.63, 3.8) is 0 Å². The average molecular weight is 986 g/mol. The van der Waals surface area contributed by atoms with Crippen molar-refractivity contribution < 1.29 is 57.0 Å². The van der Waals surface area contributed by atoms with Crippen LogP contribution in [0.4, 0.5) is 4.79 Å². The second-order valence-corrected chi connectivity index (χ2v) is 23.0. The summed E-state index contributed by atoms with van der Waals surface area (Å²) in [7, 11) is 0. The van der Waals surface area contributed by atoms with Crippen LogP contribution in [0.2, 0.25) is 0 Å². The van der Waals surface area contributed by atoms with Gasteiger partial charge in [-0.25, -0.2) is 4.79 Å². The number of urea groups is 1. The van der Waals surface area contributed by atoms with Gasteiger partial charge in [0.2, 0.25) is 5.91 Å². The Balaban J connectivity index is 0.608. The Hall–Kier alpha value is -2.41. The molecule has 69 heavy (non-hydrogen) atoms. The second-order valence-electron chi connectivity index (χ2n) is 21.7. The first-order valence-electron chi connectivity index (χ1n) is 26.9. The number of benzene rings is 1. The molecule has 2 saturated heterocycles. The predicted molar refractivity (Wildman–Crippen MR) is 262 cm³/mol. The van der Waals surface area contributed by atoms with Crippen molar-refractivity contribution in [1.82, 2.24) is 16.0 Å². The van der Waals surface area contributed by atoms with Crippen molar-refractivity contribution in [2.75, 3.05) is 111 Å². The van der Waals surface area contributed by atoms with Gasteiger partial charge >= 0.3 is 6.03 Å². The average Bonchev–Trinajstić information content (AvgIpc) is 3.88. The summed E-state index contributed by atoms with van der Waals surface area (Å²) in [6, 6.07) is 6.04. The third-order valence-electron chi connectivity index (χ3n) is 16.2. The normalized spacial score (nSPS) is 32.3. The number of hydrogen-bond donors (Lipinski definition) is 3. The Morgan fingerprint density at radius 1 is 0.551 bits per heavy atom. The van der Waals surface area contributed by atoms with Gasteiger partial charge in [-0.15, -0.1) is 0 Å². The van der Waals surface area contributed by atoms with Crippen molar-refractivity contribution in [3.8, 4) is 11.5 Å². The highest BCUT2D eigenvalue weighted by Gasteiger charge is 2.53. The summed E-state index contributed by atoms with van der Waals surface area (Å²) in [5, 5.41) is 9.51. The predicted octanol–water partition coefficient (Wildman–Crippen LogP) is 6.86. The van der Waals surface area contributed by atoms with Crippen LogP contribution in [-0.4, -0.2) is 152 Å². The number of unbranched alkanes of at least 4 members (excludes halogenated alkanes) is 1. The maximum absolute atomic E-state index is 12.9. The Morgan fingerprint density at radius 2 is 0.971 bits per heavy atom. The molecule has 3 atom stereocenters. The van der Waals surface area contributed by atoms with Gasteiger partial charge in [-0.1, -0.05) is 6.42 Å². The van der Waals surface area contributed by atoms with Gasteiger partial charge in [-0.3, -0.25) is 4.79 Å². The van der Waals surface area contributed by atoms with Gasteiger partial charge in [0.25, 0.3) is 0 Å². The first kappa shape index (κ1) is 51.5. The van der Waals surface area contributed by atoms with Gasteiger partial charge < -0.3 is 63.3 Å². The number of rotatable bonds is 35. The highest BCUT2D eigenvalue weighted by molar-refractivity contribution is 8.00. The Labute approximate surface area is 415 Å². The first-order chi connectivity index (χ1) is 33.8. The monoisotopic (exact) mass is 986 g/mol. The maximum Gasteiger partial charge on any atom is 0.315 e. The summed E-state index contributed by atoms with van der Waals surface area (Å²) in [4.78, 5) is 24.6. The molecule has 16 heteroatoms. The Morgan fingerprint density at radius 3 is 1.42 bits per heavy atom. The van der Waals surface area contributed by atoms with Gasteiger partial charge in [0.1, 0.15) is 24.7 Å². The standard InChI is InChI=1S/C53H83N3O12S/c57-49(4-2-1-3-48-50-47(37-69-48)55-51(58)56-50)54-36-44-27-45(65-17-13-61-9-5-59-7-11-63-15-19-67-52-30-38-21-39(31-52)23-40(22-38)32-52)29-46(28-44)66-18-14-62-10-6-60-8-12-64-16-20-68-53-33-41-24-42(34-53)26-43(25-41)35-53/h27-29,38-43,47-48,50H,1-26,30-37H2,(H,54,57)(H2,55,56,58)/t38?,39?,40?,41?,42?,43?,47?,48-,50?,52?,53?/m0/s1. The largest absolute Gasteiger partial charge is 0.491 e. The molecule has 15 nitrogen and oxygen atoms in total. The molecule has 0 spiro atoms. The lowest BCUT2D eigenvalue weighted by Crippen LogP contribution is -2.52. The third kappa shape index (κ3) is 15.6. The molecular weight excluding hydrogens is 903 g/mol.